The molecule has 0 bridgehead atoms. The topological polar surface area (TPSA) is 25.8 Å². The van der Waals surface area contributed by atoms with Gasteiger partial charge in [0.1, 0.15) is 0 Å². The van der Waals surface area contributed by atoms with E-state index in [0.717, 1.165) is 15.0 Å². The fraction of sp³-hybridized carbons (Fsp3) is 0.400. The summed E-state index contributed by atoms with van der Waals surface area (Å²) in [6.07, 6.45) is 0. The van der Waals surface area contributed by atoms with Crippen LogP contribution in [0.5, 0.6) is 0 Å². The SMILES string of the molecule is CC(C)(C)c1nc(I)nc2ccsc12. The van der Waals surface area contributed by atoms with Gasteiger partial charge in [0.15, 0.2) is 3.83 Å². The van der Waals surface area contributed by atoms with E-state index in [1.807, 2.05) is 0 Å². The van der Waals surface area contributed by atoms with Gasteiger partial charge in [-0.1, -0.05) is 20.8 Å². The Bertz CT molecular complexity index is 470. The van der Waals surface area contributed by atoms with Gasteiger partial charge < -0.3 is 0 Å². The van der Waals surface area contributed by atoms with Crippen molar-refractivity contribution in [2.24, 2.45) is 0 Å². The first kappa shape index (κ1) is 10.3. The van der Waals surface area contributed by atoms with E-state index in [1.54, 1.807) is 11.3 Å². The van der Waals surface area contributed by atoms with Gasteiger partial charge in [0.25, 0.3) is 0 Å². The summed E-state index contributed by atoms with van der Waals surface area (Å²) in [6.45, 7) is 6.56. The van der Waals surface area contributed by atoms with Crippen LogP contribution in [0.15, 0.2) is 11.4 Å². The zero-order chi connectivity index (χ0) is 10.3. The molecular weight excluding hydrogens is 307 g/mol. The van der Waals surface area contributed by atoms with Crippen LogP contribution in [0, 0.1) is 3.83 Å². The highest BCUT2D eigenvalue weighted by atomic mass is 127. The number of rotatable bonds is 0. The molecule has 2 aromatic heterocycles. The Kier molecular flexibility index (Phi) is 2.51. The summed E-state index contributed by atoms with van der Waals surface area (Å²) in [5.41, 5.74) is 2.31. The molecule has 2 heterocycles. The Morgan fingerprint density at radius 3 is 2.64 bits per heavy atom. The number of aromatic nitrogens is 2. The predicted molar refractivity (Wildman–Crippen MR) is 68.8 cm³/mol. The highest BCUT2D eigenvalue weighted by Gasteiger charge is 2.20. The average molecular weight is 318 g/mol. The van der Waals surface area contributed by atoms with E-state index in [4.69, 9.17) is 0 Å². The molecule has 4 heteroatoms. The molecule has 0 saturated carbocycles. The fourth-order valence-corrected chi connectivity index (χ4v) is 2.88. The first-order chi connectivity index (χ1) is 6.48. The molecule has 74 valence electrons. The van der Waals surface area contributed by atoms with Crippen molar-refractivity contribution in [3.63, 3.8) is 0 Å². The van der Waals surface area contributed by atoms with Gasteiger partial charge in [0.05, 0.1) is 15.9 Å². The fourth-order valence-electron chi connectivity index (χ4n) is 1.34. The van der Waals surface area contributed by atoms with E-state index in [2.05, 4.69) is 64.8 Å². The molecular formula is C10H11IN2S. The molecule has 0 atom stereocenters. The van der Waals surface area contributed by atoms with Crippen LogP contribution in [0.4, 0.5) is 0 Å². The van der Waals surface area contributed by atoms with Gasteiger partial charge in [-0.2, -0.15) is 0 Å². The first-order valence-corrected chi connectivity index (χ1v) is 6.35. The van der Waals surface area contributed by atoms with Crippen molar-refractivity contribution < 1.29 is 0 Å². The van der Waals surface area contributed by atoms with Crippen LogP contribution in [0.25, 0.3) is 10.2 Å². The number of hydrogen-bond acceptors (Lipinski definition) is 3. The van der Waals surface area contributed by atoms with Crippen molar-refractivity contribution in [2.45, 2.75) is 26.2 Å². The molecule has 14 heavy (non-hydrogen) atoms. The van der Waals surface area contributed by atoms with Gasteiger partial charge in [0, 0.05) is 28.0 Å². The lowest BCUT2D eigenvalue weighted by Gasteiger charge is -2.18. The molecule has 2 nitrogen and oxygen atoms in total. The summed E-state index contributed by atoms with van der Waals surface area (Å²) < 4.78 is 2.05. The molecule has 0 saturated heterocycles. The Morgan fingerprint density at radius 1 is 1.29 bits per heavy atom. The molecule has 0 amide bonds. The third kappa shape index (κ3) is 1.77. The minimum atomic E-state index is 0.0893. The molecule has 0 unspecified atom stereocenters. The monoisotopic (exact) mass is 318 g/mol. The van der Waals surface area contributed by atoms with Crippen molar-refractivity contribution in [1.29, 1.82) is 0 Å². The maximum absolute atomic E-state index is 4.53. The zero-order valence-corrected chi connectivity index (χ0v) is 11.3. The Morgan fingerprint density at radius 2 is 2.00 bits per heavy atom. The van der Waals surface area contributed by atoms with Crippen LogP contribution in [-0.4, -0.2) is 9.97 Å². The number of hydrogen-bond donors (Lipinski definition) is 0. The lowest BCUT2D eigenvalue weighted by Crippen LogP contribution is -2.14. The molecule has 2 aromatic rings. The number of halogens is 1. The number of fused-ring (bicyclic) bond motifs is 1. The van der Waals surface area contributed by atoms with E-state index >= 15 is 0 Å². The molecule has 0 aliphatic rings. The molecule has 2 rings (SSSR count). The van der Waals surface area contributed by atoms with Crippen LogP contribution < -0.4 is 0 Å². The summed E-state index contributed by atoms with van der Waals surface area (Å²) in [5.74, 6) is 0. The van der Waals surface area contributed by atoms with E-state index in [1.165, 1.54) is 4.70 Å². The van der Waals surface area contributed by atoms with Gasteiger partial charge >= 0.3 is 0 Å². The Hall–Kier alpha value is -0.230. The van der Waals surface area contributed by atoms with Gasteiger partial charge in [-0.15, -0.1) is 11.3 Å². The van der Waals surface area contributed by atoms with Crippen LogP contribution >= 0.6 is 33.9 Å². The van der Waals surface area contributed by atoms with Gasteiger partial charge in [0.2, 0.25) is 0 Å². The highest BCUT2D eigenvalue weighted by molar-refractivity contribution is 14.1. The second kappa shape index (κ2) is 3.41. The normalized spacial score (nSPS) is 12.3. The van der Waals surface area contributed by atoms with Crippen molar-refractivity contribution in [3.8, 4) is 0 Å². The molecule has 0 fully saturated rings. The largest absolute Gasteiger partial charge is 0.226 e. The Balaban J connectivity index is 2.80. The smallest absolute Gasteiger partial charge is 0.191 e. The minimum Gasteiger partial charge on any atom is -0.226 e. The standard InChI is InChI=1S/C10H11IN2S/c1-10(2,3)8-7-6(4-5-14-7)12-9(11)13-8/h4-5H,1-3H3. The van der Waals surface area contributed by atoms with Crippen molar-refractivity contribution >= 4 is 44.1 Å². The molecule has 0 radical (unpaired) electrons. The first-order valence-electron chi connectivity index (χ1n) is 4.40. The summed E-state index contributed by atoms with van der Waals surface area (Å²) >= 11 is 3.89. The van der Waals surface area contributed by atoms with Crippen LogP contribution in [0.3, 0.4) is 0 Å². The number of thiophene rings is 1. The van der Waals surface area contributed by atoms with Crippen LogP contribution in [0.2, 0.25) is 0 Å². The maximum atomic E-state index is 4.53. The van der Waals surface area contributed by atoms with Crippen molar-refractivity contribution in [2.75, 3.05) is 0 Å². The van der Waals surface area contributed by atoms with E-state index < -0.39 is 0 Å². The number of nitrogens with zero attached hydrogens (tertiary/aromatic N) is 2. The molecule has 0 aliphatic carbocycles. The van der Waals surface area contributed by atoms with Crippen LogP contribution in [-0.2, 0) is 5.41 Å². The van der Waals surface area contributed by atoms with E-state index in [-0.39, 0.29) is 5.41 Å². The van der Waals surface area contributed by atoms with Crippen LogP contribution in [0.1, 0.15) is 26.5 Å². The second-order valence-electron chi connectivity index (χ2n) is 4.23. The lowest BCUT2D eigenvalue weighted by molar-refractivity contribution is 0.573. The summed E-state index contributed by atoms with van der Waals surface area (Å²) in [4.78, 5) is 8.93. The maximum Gasteiger partial charge on any atom is 0.191 e. The quantitative estimate of drug-likeness (QED) is 0.548. The Labute approximate surface area is 101 Å². The van der Waals surface area contributed by atoms with E-state index in [0.29, 0.717) is 0 Å². The predicted octanol–water partition coefficient (Wildman–Crippen LogP) is 3.59. The van der Waals surface area contributed by atoms with Gasteiger partial charge in [-0.3, -0.25) is 0 Å². The summed E-state index contributed by atoms with van der Waals surface area (Å²) in [5, 5.41) is 2.07. The lowest BCUT2D eigenvalue weighted by atomic mass is 9.92. The average Bonchev–Trinajstić information content (AvgIpc) is 2.47. The van der Waals surface area contributed by atoms with Crippen molar-refractivity contribution in [1.82, 2.24) is 9.97 Å². The summed E-state index contributed by atoms with van der Waals surface area (Å²) in [6, 6.07) is 2.05. The molecule has 0 aliphatic heterocycles. The highest BCUT2D eigenvalue weighted by Crippen LogP contribution is 2.31. The second-order valence-corrected chi connectivity index (χ2v) is 6.11. The van der Waals surface area contributed by atoms with Gasteiger partial charge in [-0.05, 0) is 11.4 Å². The van der Waals surface area contributed by atoms with Gasteiger partial charge in [-0.25, -0.2) is 9.97 Å². The molecule has 0 aromatic carbocycles. The van der Waals surface area contributed by atoms with Crippen molar-refractivity contribution in [3.05, 3.63) is 21.0 Å². The molecule has 0 spiro atoms. The van der Waals surface area contributed by atoms with E-state index in [9.17, 15) is 0 Å². The molecule has 0 N–H and O–H groups in total. The third-order valence-corrected chi connectivity index (χ3v) is 3.38. The minimum absolute atomic E-state index is 0.0893. The third-order valence-electron chi connectivity index (χ3n) is 1.99. The summed E-state index contributed by atoms with van der Waals surface area (Å²) in [7, 11) is 0. The zero-order valence-electron chi connectivity index (χ0n) is 8.34.